The first kappa shape index (κ1) is 24.8. The zero-order valence-corrected chi connectivity index (χ0v) is 21.5. The summed E-state index contributed by atoms with van der Waals surface area (Å²) in [5, 5.41) is 15.7. The van der Waals surface area contributed by atoms with Gasteiger partial charge in [0.15, 0.2) is 5.96 Å². The Balaban J connectivity index is 0.00000289. The molecule has 2 N–H and O–H groups in total. The van der Waals surface area contributed by atoms with Crippen molar-refractivity contribution in [3.8, 4) is 5.75 Å². The Morgan fingerprint density at radius 2 is 2.03 bits per heavy atom. The molecule has 0 radical (unpaired) electrons. The number of ether oxygens (including phenoxy) is 1. The topological polar surface area (TPSA) is 76.4 Å². The first-order valence-electron chi connectivity index (χ1n) is 12.0. The Bertz CT molecular complexity index is 864. The van der Waals surface area contributed by atoms with E-state index in [9.17, 15) is 0 Å². The molecule has 1 aliphatic heterocycles. The van der Waals surface area contributed by atoms with Gasteiger partial charge < -0.3 is 19.9 Å². The Hall–Kier alpha value is -1.84. The molecule has 2 heterocycles. The van der Waals surface area contributed by atoms with E-state index >= 15 is 0 Å². The molecule has 2 aliphatic rings. The number of benzene rings is 1. The van der Waals surface area contributed by atoms with E-state index in [0.717, 1.165) is 80.3 Å². The lowest BCUT2D eigenvalue weighted by Gasteiger charge is -2.13. The zero-order valence-electron chi connectivity index (χ0n) is 19.2. The van der Waals surface area contributed by atoms with Crippen molar-refractivity contribution in [3.05, 3.63) is 41.5 Å². The number of halogens is 1. The van der Waals surface area contributed by atoms with Crippen LogP contribution < -0.4 is 15.4 Å². The van der Waals surface area contributed by atoms with Crippen LogP contribution in [0.15, 0.2) is 29.3 Å². The molecule has 0 bridgehead atoms. The number of hydrogen-bond donors (Lipinski definition) is 2. The van der Waals surface area contributed by atoms with Gasteiger partial charge in [0.25, 0.3) is 0 Å². The summed E-state index contributed by atoms with van der Waals surface area (Å²) in [6.45, 7) is 6.28. The third-order valence-corrected chi connectivity index (χ3v) is 5.95. The molecule has 1 aromatic carbocycles. The van der Waals surface area contributed by atoms with Gasteiger partial charge in [0, 0.05) is 38.0 Å². The summed E-state index contributed by atoms with van der Waals surface area (Å²) in [5.74, 6) is 4.84. The van der Waals surface area contributed by atoms with Crippen molar-refractivity contribution in [2.24, 2.45) is 10.9 Å². The van der Waals surface area contributed by atoms with Gasteiger partial charge in [-0.25, -0.2) is 4.99 Å². The minimum absolute atomic E-state index is 0. The summed E-state index contributed by atoms with van der Waals surface area (Å²) in [6, 6.07) is 8.24. The van der Waals surface area contributed by atoms with Crippen molar-refractivity contribution in [3.63, 3.8) is 0 Å². The number of para-hydroxylation sites is 1. The van der Waals surface area contributed by atoms with Crippen LogP contribution in [-0.2, 0) is 25.9 Å². The second kappa shape index (κ2) is 13.0. The predicted molar refractivity (Wildman–Crippen MR) is 139 cm³/mol. The number of hydrogen-bond acceptors (Lipinski definition) is 4. The van der Waals surface area contributed by atoms with Gasteiger partial charge in [-0.05, 0) is 51.0 Å². The molecule has 0 amide bonds. The molecule has 0 unspecified atom stereocenters. The van der Waals surface area contributed by atoms with Crippen LogP contribution >= 0.6 is 24.0 Å². The molecular formula is C24H37IN6O. The maximum atomic E-state index is 6.02. The molecule has 0 saturated heterocycles. The van der Waals surface area contributed by atoms with Gasteiger partial charge in [-0.2, -0.15) is 0 Å². The van der Waals surface area contributed by atoms with E-state index in [4.69, 9.17) is 9.73 Å². The SMILES string of the molecule is CCNC(=NCc1ccccc1OCC1CC1)NCCCc1nnc2n1CCCCC2.I. The van der Waals surface area contributed by atoms with Crippen LogP contribution in [0.5, 0.6) is 5.75 Å². The molecule has 0 atom stereocenters. The Morgan fingerprint density at radius 1 is 1.16 bits per heavy atom. The maximum Gasteiger partial charge on any atom is 0.191 e. The van der Waals surface area contributed by atoms with Crippen molar-refractivity contribution in [1.82, 2.24) is 25.4 Å². The van der Waals surface area contributed by atoms with E-state index in [0.29, 0.717) is 6.54 Å². The minimum Gasteiger partial charge on any atom is -0.493 e. The second-order valence-electron chi connectivity index (χ2n) is 8.58. The largest absolute Gasteiger partial charge is 0.493 e. The first-order valence-corrected chi connectivity index (χ1v) is 12.0. The van der Waals surface area contributed by atoms with E-state index in [1.165, 1.54) is 32.1 Å². The van der Waals surface area contributed by atoms with Crippen molar-refractivity contribution < 1.29 is 4.74 Å². The molecule has 1 saturated carbocycles. The summed E-state index contributed by atoms with van der Waals surface area (Å²) in [7, 11) is 0. The summed E-state index contributed by atoms with van der Waals surface area (Å²) in [5.41, 5.74) is 1.13. The molecule has 0 spiro atoms. The van der Waals surface area contributed by atoms with E-state index in [-0.39, 0.29) is 24.0 Å². The molecule has 176 valence electrons. The molecule has 32 heavy (non-hydrogen) atoms. The average Bonchev–Trinajstić information content (AvgIpc) is 3.59. The average molecular weight is 553 g/mol. The van der Waals surface area contributed by atoms with Gasteiger partial charge in [0.05, 0.1) is 13.2 Å². The quantitative estimate of drug-likeness (QED) is 0.201. The van der Waals surface area contributed by atoms with E-state index in [2.05, 4.69) is 50.5 Å². The number of guanidine groups is 1. The molecule has 1 aromatic heterocycles. The number of nitrogens with one attached hydrogen (secondary N) is 2. The smallest absolute Gasteiger partial charge is 0.191 e. The highest BCUT2D eigenvalue weighted by atomic mass is 127. The highest BCUT2D eigenvalue weighted by Gasteiger charge is 2.22. The van der Waals surface area contributed by atoms with Crippen LogP contribution in [0, 0.1) is 5.92 Å². The van der Waals surface area contributed by atoms with Crippen molar-refractivity contribution in [2.45, 2.75) is 71.4 Å². The molecule has 8 heteroatoms. The lowest BCUT2D eigenvalue weighted by Crippen LogP contribution is -2.38. The van der Waals surface area contributed by atoms with Crippen LogP contribution in [0.3, 0.4) is 0 Å². The zero-order chi connectivity index (χ0) is 21.3. The monoisotopic (exact) mass is 552 g/mol. The lowest BCUT2D eigenvalue weighted by molar-refractivity contribution is 0.297. The maximum absolute atomic E-state index is 6.02. The fraction of sp³-hybridized carbons (Fsp3) is 0.625. The van der Waals surface area contributed by atoms with Gasteiger partial charge in [0.1, 0.15) is 17.4 Å². The van der Waals surface area contributed by atoms with E-state index in [1.807, 2.05) is 6.07 Å². The second-order valence-corrected chi connectivity index (χ2v) is 8.58. The van der Waals surface area contributed by atoms with Gasteiger partial charge in [-0.15, -0.1) is 34.2 Å². The lowest BCUT2D eigenvalue weighted by atomic mass is 10.2. The first-order chi connectivity index (χ1) is 15.3. The van der Waals surface area contributed by atoms with E-state index < -0.39 is 0 Å². The van der Waals surface area contributed by atoms with Gasteiger partial charge in [-0.3, -0.25) is 0 Å². The van der Waals surface area contributed by atoms with E-state index in [1.54, 1.807) is 0 Å². The Kier molecular flexibility index (Phi) is 10.1. The van der Waals surface area contributed by atoms with Crippen LogP contribution in [0.4, 0.5) is 0 Å². The van der Waals surface area contributed by atoms with Crippen molar-refractivity contribution in [2.75, 3.05) is 19.7 Å². The molecule has 7 nitrogen and oxygen atoms in total. The molecular weight excluding hydrogens is 515 g/mol. The van der Waals surface area contributed by atoms with Gasteiger partial charge in [-0.1, -0.05) is 24.6 Å². The Labute approximate surface area is 208 Å². The van der Waals surface area contributed by atoms with Crippen LogP contribution in [0.2, 0.25) is 0 Å². The Morgan fingerprint density at radius 3 is 2.88 bits per heavy atom. The van der Waals surface area contributed by atoms with Crippen LogP contribution in [0.25, 0.3) is 0 Å². The highest BCUT2D eigenvalue weighted by Crippen LogP contribution is 2.30. The van der Waals surface area contributed by atoms with Gasteiger partial charge in [0.2, 0.25) is 0 Å². The molecule has 1 fully saturated rings. The fourth-order valence-corrected chi connectivity index (χ4v) is 3.96. The number of nitrogens with zero attached hydrogens (tertiary/aromatic N) is 4. The number of aryl methyl sites for hydroxylation is 2. The minimum atomic E-state index is 0. The van der Waals surface area contributed by atoms with Crippen LogP contribution in [0.1, 0.15) is 62.7 Å². The third-order valence-electron chi connectivity index (χ3n) is 5.95. The number of aliphatic imine (C=N–C) groups is 1. The number of aromatic nitrogens is 3. The molecule has 1 aliphatic carbocycles. The summed E-state index contributed by atoms with van der Waals surface area (Å²) >= 11 is 0. The standard InChI is InChI=1S/C24H36N6O.HI/c1-2-25-24(27-17-20-9-5-6-10-21(20)31-18-19-13-14-19)26-15-8-12-23-29-28-22-11-4-3-7-16-30(22)23;/h5-6,9-10,19H,2-4,7-8,11-18H2,1H3,(H2,25,26,27);1H. The number of fused-ring (bicyclic) bond motifs is 1. The molecule has 4 rings (SSSR count). The van der Waals surface area contributed by atoms with Crippen molar-refractivity contribution in [1.29, 1.82) is 0 Å². The summed E-state index contributed by atoms with van der Waals surface area (Å²) in [6.07, 6.45) is 9.37. The number of rotatable bonds is 10. The van der Waals surface area contributed by atoms with Crippen LogP contribution in [-0.4, -0.2) is 40.4 Å². The third kappa shape index (κ3) is 7.35. The highest BCUT2D eigenvalue weighted by molar-refractivity contribution is 14.0. The van der Waals surface area contributed by atoms with Crippen molar-refractivity contribution >= 4 is 29.9 Å². The fourth-order valence-electron chi connectivity index (χ4n) is 3.96. The molecule has 2 aromatic rings. The van der Waals surface area contributed by atoms with Gasteiger partial charge >= 0.3 is 0 Å². The normalized spacial score (nSPS) is 16.0. The summed E-state index contributed by atoms with van der Waals surface area (Å²) < 4.78 is 8.36. The predicted octanol–water partition coefficient (Wildman–Crippen LogP) is 4.10. The summed E-state index contributed by atoms with van der Waals surface area (Å²) in [4.78, 5) is 4.79.